The van der Waals surface area contributed by atoms with Gasteiger partial charge in [0.25, 0.3) is 0 Å². The molecular formula is C16H14ClF3N4OS. The molecule has 0 radical (unpaired) electrons. The highest BCUT2D eigenvalue weighted by atomic mass is 35.5. The molecule has 1 amide bonds. The third-order valence-corrected chi connectivity index (χ3v) is 3.84. The minimum absolute atomic E-state index is 0.0286. The van der Waals surface area contributed by atoms with Crippen LogP contribution in [0.25, 0.3) is 0 Å². The van der Waals surface area contributed by atoms with Crippen LogP contribution in [0, 0.1) is 0 Å². The van der Waals surface area contributed by atoms with Crippen molar-refractivity contribution in [3.05, 3.63) is 58.9 Å². The average Bonchev–Trinajstić information content (AvgIpc) is 2.59. The van der Waals surface area contributed by atoms with Gasteiger partial charge in [0.1, 0.15) is 0 Å². The summed E-state index contributed by atoms with van der Waals surface area (Å²) in [6.45, 7) is 1.46. The normalized spacial score (nSPS) is 12.2. The number of hydrazine groups is 1. The number of halogens is 4. The number of thiocarbonyl (C=S) groups is 1. The number of benzene rings is 1. The van der Waals surface area contributed by atoms with Crippen molar-refractivity contribution in [3.63, 3.8) is 0 Å². The van der Waals surface area contributed by atoms with Crippen molar-refractivity contribution in [1.29, 1.82) is 0 Å². The van der Waals surface area contributed by atoms with E-state index in [1.807, 2.05) is 18.2 Å². The maximum atomic E-state index is 12.6. The van der Waals surface area contributed by atoms with Crippen molar-refractivity contribution >= 4 is 40.5 Å². The summed E-state index contributed by atoms with van der Waals surface area (Å²) in [4.78, 5) is 15.8. The zero-order chi connectivity index (χ0) is 19.3. The first kappa shape index (κ1) is 19.9. The van der Waals surface area contributed by atoms with Crippen LogP contribution in [0.2, 0.25) is 5.02 Å². The molecule has 0 spiro atoms. The molecule has 0 aliphatic carbocycles. The minimum Gasteiger partial charge on any atom is -0.331 e. The summed E-state index contributed by atoms with van der Waals surface area (Å²) in [6, 6.07) is 9.76. The van der Waals surface area contributed by atoms with Gasteiger partial charge < -0.3 is 5.32 Å². The highest BCUT2D eigenvalue weighted by Gasteiger charge is 2.32. The number of alkyl halides is 3. The molecular weight excluding hydrogens is 389 g/mol. The minimum atomic E-state index is -4.56. The Bertz CT molecular complexity index is 802. The van der Waals surface area contributed by atoms with Gasteiger partial charge >= 0.3 is 6.18 Å². The fourth-order valence-corrected chi connectivity index (χ4v) is 2.46. The molecule has 138 valence electrons. The highest BCUT2D eigenvalue weighted by Crippen LogP contribution is 2.32. The van der Waals surface area contributed by atoms with Crippen LogP contribution >= 0.6 is 23.8 Å². The number of pyridine rings is 1. The van der Waals surface area contributed by atoms with Crippen LogP contribution < -0.4 is 16.2 Å². The predicted octanol–water partition coefficient (Wildman–Crippen LogP) is 3.88. The number of amides is 1. The Morgan fingerprint density at radius 1 is 1.23 bits per heavy atom. The molecule has 1 atom stereocenters. The first-order chi connectivity index (χ1) is 12.2. The van der Waals surface area contributed by atoms with Crippen molar-refractivity contribution in [2.24, 2.45) is 0 Å². The third-order valence-electron chi connectivity index (χ3n) is 3.33. The Hall–Kier alpha value is -2.39. The second kappa shape index (κ2) is 8.33. The molecule has 1 heterocycles. The largest absolute Gasteiger partial charge is 0.417 e. The van der Waals surface area contributed by atoms with Crippen molar-refractivity contribution < 1.29 is 18.0 Å². The van der Waals surface area contributed by atoms with Gasteiger partial charge in [-0.3, -0.25) is 20.6 Å². The van der Waals surface area contributed by atoms with Crippen molar-refractivity contribution in [2.75, 3.05) is 5.32 Å². The summed E-state index contributed by atoms with van der Waals surface area (Å²) in [6.07, 6.45) is -3.92. The van der Waals surface area contributed by atoms with E-state index in [0.29, 0.717) is 6.20 Å². The predicted molar refractivity (Wildman–Crippen MR) is 96.6 cm³/mol. The lowest BCUT2D eigenvalue weighted by atomic mass is 10.1. The molecule has 0 aliphatic heterocycles. The van der Waals surface area contributed by atoms with Gasteiger partial charge in [0, 0.05) is 11.9 Å². The molecule has 0 fully saturated rings. The molecule has 26 heavy (non-hydrogen) atoms. The van der Waals surface area contributed by atoms with Crippen molar-refractivity contribution in [1.82, 2.24) is 15.8 Å². The summed E-state index contributed by atoms with van der Waals surface area (Å²) in [7, 11) is 0. The van der Waals surface area contributed by atoms with E-state index in [0.717, 1.165) is 11.8 Å². The van der Waals surface area contributed by atoms with Gasteiger partial charge in [-0.15, -0.1) is 0 Å². The van der Waals surface area contributed by atoms with Crippen LogP contribution in [0.1, 0.15) is 24.1 Å². The van der Waals surface area contributed by atoms with E-state index in [1.54, 1.807) is 12.1 Å². The molecule has 10 heteroatoms. The molecule has 3 N–H and O–H groups in total. The first-order valence-electron chi connectivity index (χ1n) is 7.33. The quantitative estimate of drug-likeness (QED) is 0.537. The van der Waals surface area contributed by atoms with Gasteiger partial charge in [-0.05, 0) is 37.3 Å². The zero-order valence-corrected chi connectivity index (χ0v) is 15.0. The molecule has 5 nitrogen and oxygen atoms in total. The molecule has 0 bridgehead atoms. The second-order valence-corrected chi connectivity index (χ2v) is 6.06. The Kier molecular flexibility index (Phi) is 6.38. The monoisotopic (exact) mass is 402 g/mol. The Morgan fingerprint density at radius 3 is 2.46 bits per heavy atom. The van der Waals surface area contributed by atoms with E-state index >= 15 is 0 Å². The van der Waals surface area contributed by atoms with Crippen LogP contribution in [0.3, 0.4) is 0 Å². The number of carbonyl (C=O) groups excluding carboxylic acids is 1. The van der Waals surface area contributed by atoms with Gasteiger partial charge in [0.15, 0.2) is 5.11 Å². The third kappa shape index (κ3) is 5.30. The summed E-state index contributed by atoms with van der Waals surface area (Å²) >= 11 is 10.9. The number of carbonyl (C=O) groups is 1. The maximum absolute atomic E-state index is 12.6. The van der Waals surface area contributed by atoms with Gasteiger partial charge in [0.05, 0.1) is 22.2 Å². The van der Waals surface area contributed by atoms with E-state index in [1.165, 1.54) is 6.92 Å². The summed E-state index contributed by atoms with van der Waals surface area (Å²) < 4.78 is 37.9. The number of hydrogen-bond donors (Lipinski definition) is 3. The van der Waals surface area contributed by atoms with Gasteiger partial charge in [0.2, 0.25) is 5.91 Å². The topological polar surface area (TPSA) is 66.1 Å². The summed E-state index contributed by atoms with van der Waals surface area (Å²) in [5.41, 5.74) is 4.64. The number of para-hydroxylation sites is 1. The Morgan fingerprint density at radius 2 is 1.88 bits per heavy atom. The van der Waals surface area contributed by atoms with Crippen molar-refractivity contribution in [2.45, 2.75) is 19.0 Å². The Labute approximate surface area is 157 Å². The van der Waals surface area contributed by atoms with Crippen LogP contribution in [0.15, 0.2) is 42.6 Å². The number of nitrogens with one attached hydrogen (secondary N) is 3. The number of nitrogens with zero attached hydrogens (tertiary/aromatic N) is 1. The molecule has 1 unspecified atom stereocenters. The lowest BCUT2D eigenvalue weighted by Gasteiger charge is -2.16. The lowest BCUT2D eigenvalue weighted by Crippen LogP contribution is -2.45. The summed E-state index contributed by atoms with van der Waals surface area (Å²) in [5, 5.41) is 2.75. The van der Waals surface area contributed by atoms with Crippen LogP contribution in [0.4, 0.5) is 18.9 Å². The van der Waals surface area contributed by atoms with Gasteiger partial charge in [-0.2, -0.15) is 13.2 Å². The second-order valence-electron chi connectivity index (χ2n) is 5.24. The standard InChI is InChI=1S/C16H14ClF3N4OS/c1-9(13-12(17)7-10(8-21-13)16(18,19)20)14(25)23-24-15(26)22-11-5-3-2-4-6-11/h2-9H,1H3,(H,23,25)(H2,22,24,26). The molecule has 0 saturated heterocycles. The number of anilines is 1. The van der Waals surface area contributed by atoms with Crippen molar-refractivity contribution in [3.8, 4) is 0 Å². The van der Waals surface area contributed by atoms with Crippen LogP contribution in [-0.4, -0.2) is 16.0 Å². The molecule has 0 aliphatic rings. The van der Waals surface area contributed by atoms with E-state index in [4.69, 9.17) is 23.8 Å². The molecule has 2 rings (SSSR count). The first-order valence-corrected chi connectivity index (χ1v) is 8.11. The highest BCUT2D eigenvalue weighted by molar-refractivity contribution is 7.80. The number of rotatable bonds is 3. The lowest BCUT2D eigenvalue weighted by molar-refractivity contribution is -0.137. The number of hydrogen-bond acceptors (Lipinski definition) is 3. The average molecular weight is 403 g/mol. The van der Waals surface area contributed by atoms with Crippen LogP contribution in [0.5, 0.6) is 0 Å². The SMILES string of the molecule is CC(C(=O)NNC(=S)Nc1ccccc1)c1ncc(C(F)(F)F)cc1Cl. The molecule has 1 aromatic carbocycles. The zero-order valence-electron chi connectivity index (χ0n) is 13.4. The summed E-state index contributed by atoms with van der Waals surface area (Å²) in [5.74, 6) is -1.45. The maximum Gasteiger partial charge on any atom is 0.417 e. The van der Waals surface area contributed by atoms with E-state index in [-0.39, 0.29) is 15.8 Å². The van der Waals surface area contributed by atoms with E-state index in [9.17, 15) is 18.0 Å². The van der Waals surface area contributed by atoms with E-state index in [2.05, 4.69) is 21.2 Å². The molecule has 1 aromatic heterocycles. The number of aromatic nitrogens is 1. The Balaban J connectivity index is 1.96. The molecule has 0 saturated carbocycles. The van der Waals surface area contributed by atoms with E-state index < -0.39 is 23.6 Å². The fourth-order valence-electron chi connectivity index (χ4n) is 1.96. The van der Waals surface area contributed by atoms with Gasteiger partial charge in [-0.25, -0.2) is 0 Å². The smallest absolute Gasteiger partial charge is 0.331 e. The fraction of sp³-hybridized carbons (Fsp3) is 0.188. The van der Waals surface area contributed by atoms with Gasteiger partial charge in [-0.1, -0.05) is 29.8 Å². The van der Waals surface area contributed by atoms with Crippen LogP contribution in [-0.2, 0) is 11.0 Å². The molecule has 2 aromatic rings.